The van der Waals surface area contributed by atoms with E-state index in [0.29, 0.717) is 13.0 Å². The van der Waals surface area contributed by atoms with E-state index < -0.39 is 6.10 Å². The average molecular weight is 338 g/mol. The number of aryl methyl sites for hydroxylation is 3. The molecule has 0 radical (unpaired) electrons. The fraction of sp³-hybridized carbons (Fsp3) is 0.381. The van der Waals surface area contributed by atoms with E-state index >= 15 is 0 Å². The predicted molar refractivity (Wildman–Crippen MR) is 101 cm³/mol. The molecule has 3 aromatic rings. The number of aromatic nitrogens is 2. The molecule has 1 N–H and O–H groups in total. The average Bonchev–Trinajstić information content (AvgIpc) is 2.99. The SMILES string of the molecule is CC[C@H](O)c1nc2ccccc2n1CCCOc1c(C)cccc1C. The van der Waals surface area contributed by atoms with Crippen LogP contribution in [0.3, 0.4) is 0 Å². The topological polar surface area (TPSA) is 47.3 Å². The number of ether oxygens (including phenoxy) is 1. The molecular formula is C21H26N2O2. The van der Waals surface area contributed by atoms with Crippen LogP contribution in [0.5, 0.6) is 5.75 Å². The maximum atomic E-state index is 10.3. The van der Waals surface area contributed by atoms with Crippen LogP contribution in [0.15, 0.2) is 42.5 Å². The number of hydrogen-bond acceptors (Lipinski definition) is 3. The van der Waals surface area contributed by atoms with E-state index in [1.807, 2.05) is 31.2 Å². The first-order valence-electron chi connectivity index (χ1n) is 8.94. The monoisotopic (exact) mass is 338 g/mol. The van der Waals surface area contributed by atoms with Crippen molar-refractivity contribution in [2.24, 2.45) is 0 Å². The van der Waals surface area contributed by atoms with Gasteiger partial charge in [0.25, 0.3) is 0 Å². The van der Waals surface area contributed by atoms with Crippen molar-refractivity contribution in [1.29, 1.82) is 0 Å². The van der Waals surface area contributed by atoms with E-state index in [0.717, 1.165) is 46.7 Å². The minimum Gasteiger partial charge on any atom is -0.493 e. The van der Waals surface area contributed by atoms with E-state index in [1.54, 1.807) is 0 Å². The molecule has 4 nitrogen and oxygen atoms in total. The summed E-state index contributed by atoms with van der Waals surface area (Å²) in [4.78, 5) is 4.62. The third-order valence-corrected chi connectivity index (χ3v) is 4.55. The molecule has 0 aliphatic carbocycles. The van der Waals surface area contributed by atoms with Crippen LogP contribution >= 0.6 is 0 Å². The molecule has 1 atom stereocenters. The van der Waals surface area contributed by atoms with Gasteiger partial charge in [-0.05, 0) is 49.9 Å². The van der Waals surface area contributed by atoms with E-state index in [2.05, 4.69) is 41.6 Å². The van der Waals surface area contributed by atoms with Gasteiger partial charge in [-0.2, -0.15) is 0 Å². The highest BCUT2D eigenvalue weighted by molar-refractivity contribution is 5.76. The van der Waals surface area contributed by atoms with Gasteiger partial charge in [-0.1, -0.05) is 37.3 Å². The van der Waals surface area contributed by atoms with Gasteiger partial charge in [0.15, 0.2) is 0 Å². The lowest BCUT2D eigenvalue weighted by Gasteiger charge is -2.14. The summed E-state index contributed by atoms with van der Waals surface area (Å²) in [5, 5.41) is 10.3. The standard InChI is InChI=1S/C21H26N2O2/c1-4-19(24)21-22-17-11-5-6-12-18(17)23(21)13-8-14-25-20-15(2)9-7-10-16(20)3/h5-7,9-12,19,24H,4,8,13-14H2,1-3H3/t19-/m0/s1. The van der Waals surface area contributed by atoms with Crippen molar-refractivity contribution >= 4 is 11.0 Å². The van der Waals surface area contributed by atoms with Crippen molar-refractivity contribution < 1.29 is 9.84 Å². The molecule has 0 amide bonds. The molecular weight excluding hydrogens is 312 g/mol. The van der Waals surface area contributed by atoms with Gasteiger partial charge < -0.3 is 14.4 Å². The van der Waals surface area contributed by atoms with Gasteiger partial charge in [0.1, 0.15) is 17.7 Å². The Hall–Kier alpha value is -2.33. The van der Waals surface area contributed by atoms with E-state index in [1.165, 1.54) is 0 Å². The first-order chi connectivity index (χ1) is 12.1. The van der Waals surface area contributed by atoms with Crippen LogP contribution in [0.4, 0.5) is 0 Å². The molecule has 0 saturated carbocycles. The van der Waals surface area contributed by atoms with E-state index in [4.69, 9.17) is 4.74 Å². The van der Waals surface area contributed by atoms with Gasteiger partial charge in [0, 0.05) is 6.54 Å². The Kier molecular flexibility index (Phi) is 5.39. The lowest BCUT2D eigenvalue weighted by molar-refractivity contribution is 0.158. The van der Waals surface area contributed by atoms with Crippen LogP contribution in [-0.4, -0.2) is 21.3 Å². The van der Waals surface area contributed by atoms with Gasteiger partial charge in [0.05, 0.1) is 17.6 Å². The normalized spacial score (nSPS) is 12.5. The maximum absolute atomic E-state index is 10.3. The molecule has 3 rings (SSSR count). The molecule has 2 aromatic carbocycles. The number of fused-ring (bicyclic) bond motifs is 1. The Bertz CT molecular complexity index is 834. The second-order valence-electron chi connectivity index (χ2n) is 6.46. The number of hydrogen-bond donors (Lipinski definition) is 1. The first kappa shape index (κ1) is 17.5. The highest BCUT2D eigenvalue weighted by Crippen LogP contribution is 2.24. The number of benzene rings is 2. The van der Waals surface area contributed by atoms with Crippen LogP contribution in [-0.2, 0) is 6.54 Å². The quantitative estimate of drug-likeness (QED) is 0.642. The van der Waals surface area contributed by atoms with Crippen molar-refractivity contribution in [2.45, 2.75) is 46.3 Å². The van der Waals surface area contributed by atoms with Crippen molar-refractivity contribution in [1.82, 2.24) is 9.55 Å². The molecule has 1 aromatic heterocycles. The van der Waals surface area contributed by atoms with Gasteiger partial charge >= 0.3 is 0 Å². The molecule has 0 aliphatic rings. The minimum absolute atomic E-state index is 0.535. The lowest BCUT2D eigenvalue weighted by Crippen LogP contribution is -2.11. The smallest absolute Gasteiger partial charge is 0.138 e. The minimum atomic E-state index is -0.535. The summed E-state index contributed by atoms with van der Waals surface area (Å²) < 4.78 is 8.13. The van der Waals surface area contributed by atoms with E-state index in [9.17, 15) is 5.11 Å². The Morgan fingerprint density at radius 3 is 2.52 bits per heavy atom. The fourth-order valence-electron chi connectivity index (χ4n) is 3.19. The van der Waals surface area contributed by atoms with Crippen molar-refractivity contribution in [2.75, 3.05) is 6.61 Å². The summed E-state index contributed by atoms with van der Waals surface area (Å²) in [6, 6.07) is 14.2. The second kappa shape index (κ2) is 7.70. The summed E-state index contributed by atoms with van der Waals surface area (Å²) >= 11 is 0. The summed E-state index contributed by atoms with van der Waals surface area (Å²) in [6.45, 7) is 7.53. The Balaban J connectivity index is 1.72. The first-order valence-corrected chi connectivity index (χ1v) is 8.94. The van der Waals surface area contributed by atoms with Crippen molar-refractivity contribution in [3.8, 4) is 5.75 Å². The third-order valence-electron chi connectivity index (χ3n) is 4.55. The van der Waals surface area contributed by atoms with Crippen LogP contribution in [0.2, 0.25) is 0 Å². The van der Waals surface area contributed by atoms with E-state index in [-0.39, 0.29) is 0 Å². The molecule has 0 spiro atoms. The molecule has 0 unspecified atom stereocenters. The van der Waals surface area contributed by atoms with Crippen LogP contribution in [0.1, 0.15) is 42.8 Å². The molecule has 0 fully saturated rings. The summed E-state index contributed by atoms with van der Waals surface area (Å²) in [5.74, 6) is 1.72. The molecule has 0 bridgehead atoms. The van der Waals surface area contributed by atoms with Crippen molar-refractivity contribution in [3.05, 3.63) is 59.4 Å². The molecule has 132 valence electrons. The zero-order chi connectivity index (χ0) is 17.8. The van der Waals surface area contributed by atoms with Gasteiger partial charge in [-0.25, -0.2) is 4.98 Å². The zero-order valence-corrected chi connectivity index (χ0v) is 15.2. The van der Waals surface area contributed by atoms with Gasteiger partial charge in [0.2, 0.25) is 0 Å². The van der Waals surface area contributed by atoms with Gasteiger partial charge in [-0.3, -0.25) is 0 Å². The number of para-hydroxylation sites is 3. The third kappa shape index (κ3) is 3.69. The predicted octanol–water partition coefficient (Wildman–Crippen LogP) is 4.57. The largest absolute Gasteiger partial charge is 0.493 e. The number of imidazole rings is 1. The highest BCUT2D eigenvalue weighted by Gasteiger charge is 2.16. The Labute approximate surface area is 149 Å². The number of aliphatic hydroxyl groups is 1. The lowest BCUT2D eigenvalue weighted by atomic mass is 10.1. The van der Waals surface area contributed by atoms with Crippen molar-refractivity contribution in [3.63, 3.8) is 0 Å². The Morgan fingerprint density at radius 1 is 1.08 bits per heavy atom. The number of rotatable bonds is 7. The highest BCUT2D eigenvalue weighted by atomic mass is 16.5. The number of nitrogens with zero attached hydrogens (tertiary/aromatic N) is 2. The van der Waals surface area contributed by atoms with Gasteiger partial charge in [-0.15, -0.1) is 0 Å². The molecule has 1 heterocycles. The molecule has 25 heavy (non-hydrogen) atoms. The summed E-state index contributed by atoms with van der Waals surface area (Å²) in [6.07, 6.45) is 0.978. The zero-order valence-electron chi connectivity index (χ0n) is 15.2. The molecule has 0 saturated heterocycles. The second-order valence-corrected chi connectivity index (χ2v) is 6.46. The fourth-order valence-corrected chi connectivity index (χ4v) is 3.19. The maximum Gasteiger partial charge on any atom is 0.138 e. The van der Waals surface area contributed by atoms with Crippen LogP contribution in [0.25, 0.3) is 11.0 Å². The van der Waals surface area contributed by atoms with Crippen LogP contribution in [0, 0.1) is 13.8 Å². The summed E-state index contributed by atoms with van der Waals surface area (Å²) in [7, 11) is 0. The molecule has 4 heteroatoms. The summed E-state index contributed by atoms with van der Waals surface area (Å²) in [5.41, 5.74) is 4.32. The molecule has 0 aliphatic heterocycles. The van der Waals surface area contributed by atoms with Crippen LogP contribution < -0.4 is 4.74 Å². The Morgan fingerprint density at radius 2 is 1.80 bits per heavy atom. The number of aliphatic hydroxyl groups excluding tert-OH is 1.